The van der Waals surface area contributed by atoms with Crippen molar-refractivity contribution in [2.45, 2.75) is 51.6 Å². The zero-order chi connectivity index (χ0) is 12.7. The average molecular weight is 241 g/mol. The monoisotopic (exact) mass is 241 g/mol. The summed E-state index contributed by atoms with van der Waals surface area (Å²) < 4.78 is 0. The van der Waals surface area contributed by atoms with Crippen LogP contribution in [0.25, 0.3) is 0 Å². The van der Waals surface area contributed by atoms with Crippen LogP contribution in [0.15, 0.2) is 0 Å². The van der Waals surface area contributed by atoms with E-state index in [1.165, 1.54) is 0 Å². The van der Waals surface area contributed by atoms with Gasteiger partial charge in [0.25, 0.3) is 0 Å². The van der Waals surface area contributed by atoms with Gasteiger partial charge in [-0.15, -0.1) is 0 Å². The zero-order valence-corrected chi connectivity index (χ0v) is 10.7. The van der Waals surface area contributed by atoms with Crippen molar-refractivity contribution in [3.8, 4) is 0 Å². The molecule has 1 unspecified atom stereocenters. The van der Waals surface area contributed by atoms with E-state index in [-0.39, 0.29) is 23.9 Å². The number of carbonyl (C=O) groups is 2. The van der Waals surface area contributed by atoms with Crippen molar-refractivity contribution in [1.82, 2.24) is 16.0 Å². The lowest BCUT2D eigenvalue weighted by atomic mass is 10.1. The predicted octanol–water partition coefficient (Wildman–Crippen LogP) is 0.159. The molecule has 5 nitrogen and oxygen atoms in total. The van der Waals surface area contributed by atoms with E-state index >= 15 is 0 Å². The van der Waals surface area contributed by atoms with Crippen molar-refractivity contribution in [3.63, 3.8) is 0 Å². The van der Waals surface area contributed by atoms with E-state index in [1.807, 2.05) is 13.8 Å². The summed E-state index contributed by atoms with van der Waals surface area (Å²) in [5.41, 5.74) is 0. The molecule has 2 amide bonds. The largest absolute Gasteiger partial charge is 0.356 e. The minimum absolute atomic E-state index is 0.0607. The van der Waals surface area contributed by atoms with E-state index < -0.39 is 0 Å². The fourth-order valence-electron chi connectivity index (χ4n) is 1.93. The highest BCUT2D eigenvalue weighted by Crippen LogP contribution is 2.05. The number of hydrogen-bond acceptors (Lipinski definition) is 3. The third-order valence-electron chi connectivity index (χ3n) is 2.72. The second kappa shape index (κ2) is 7.27. The Kier molecular flexibility index (Phi) is 5.97. The quantitative estimate of drug-likeness (QED) is 0.642. The summed E-state index contributed by atoms with van der Waals surface area (Å²) in [5.74, 6) is 0.164. The van der Waals surface area contributed by atoms with E-state index in [0.717, 1.165) is 19.4 Å². The molecule has 5 heteroatoms. The summed E-state index contributed by atoms with van der Waals surface area (Å²) in [5, 5.41) is 8.96. The van der Waals surface area contributed by atoms with Crippen molar-refractivity contribution < 1.29 is 9.59 Å². The van der Waals surface area contributed by atoms with Crippen LogP contribution >= 0.6 is 0 Å². The second-order valence-corrected chi connectivity index (χ2v) is 4.82. The fraction of sp³-hybridized carbons (Fsp3) is 0.833. The SMILES string of the molecule is CC(C)NC(=O)CCNC1CCCNC(=O)C1. The van der Waals surface area contributed by atoms with Crippen LogP contribution in [0.1, 0.15) is 39.5 Å². The predicted molar refractivity (Wildman–Crippen MR) is 66.5 cm³/mol. The molecule has 0 radical (unpaired) electrons. The van der Waals surface area contributed by atoms with E-state index in [0.29, 0.717) is 19.4 Å². The molecule has 0 saturated carbocycles. The Balaban J connectivity index is 2.16. The van der Waals surface area contributed by atoms with Crippen LogP contribution in [0, 0.1) is 0 Å². The summed E-state index contributed by atoms with van der Waals surface area (Å²) in [6.07, 6.45) is 2.98. The maximum atomic E-state index is 11.4. The van der Waals surface area contributed by atoms with Crippen LogP contribution in [0.2, 0.25) is 0 Å². The van der Waals surface area contributed by atoms with Gasteiger partial charge in [0.15, 0.2) is 0 Å². The lowest BCUT2D eigenvalue weighted by molar-refractivity contribution is -0.121. The van der Waals surface area contributed by atoms with Gasteiger partial charge in [-0.25, -0.2) is 0 Å². The van der Waals surface area contributed by atoms with E-state index in [2.05, 4.69) is 16.0 Å². The molecule has 0 spiro atoms. The van der Waals surface area contributed by atoms with Crippen molar-refractivity contribution in [2.24, 2.45) is 0 Å². The maximum absolute atomic E-state index is 11.4. The van der Waals surface area contributed by atoms with Gasteiger partial charge in [-0.1, -0.05) is 0 Å². The van der Waals surface area contributed by atoms with Gasteiger partial charge in [0.05, 0.1) is 0 Å². The smallest absolute Gasteiger partial charge is 0.221 e. The first-order chi connectivity index (χ1) is 8.08. The zero-order valence-electron chi connectivity index (χ0n) is 10.7. The molecule has 1 heterocycles. The first kappa shape index (κ1) is 14.0. The molecule has 1 aliphatic heterocycles. The van der Waals surface area contributed by atoms with Gasteiger partial charge >= 0.3 is 0 Å². The van der Waals surface area contributed by atoms with Crippen LogP contribution < -0.4 is 16.0 Å². The molecular weight excluding hydrogens is 218 g/mol. The Morgan fingerprint density at radius 2 is 2.29 bits per heavy atom. The Hall–Kier alpha value is -1.10. The minimum Gasteiger partial charge on any atom is -0.356 e. The lowest BCUT2D eigenvalue weighted by Crippen LogP contribution is -2.37. The third-order valence-corrected chi connectivity index (χ3v) is 2.72. The van der Waals surface area contributed by atoms with E-state index in [9.17, 15) is 9.59 Å². The molecule has 1 saturated heterocycles. The molecule has 3 N–H and O–H groups in total. The Morgan fingerprint density at radius 1 is 1.53 bits per heavy atom. The topological polar surface area (TPSA) is 70.2 Å². The standard InChI is InChI=1S/C12H23N3O2/c1-9(2)15-11(16)5-7-13-10-4-3-6-14-12(17)8-10/h9-10,13H,3-8H2,1-2H3,(H,14,17)(H,15,16). The second-order valence-electron chi connectivity index (χ2n) is 4.82. The van der Waals surface area contributed by atoms with E-state index in [4.69, 9.17) is 0 Å². The van der Waals surface area contributed by atoms with Gasteiger partial charge in [0.1, 0.15) is 0 Å². The van der Waals surface area contributed by atoms with E-state index in [1.54, 1.807) is 0 Å². The van der Waals surface area contributed by atoms with Gasteiger partial charge in [0, 0.05) is 38.0 Å². The Morgan fingerprint density at radius 3 is 3.00 bits per heavy atom. The molecule has 0 aromatic heterocycles. The number of hydrogen-bond donors (Lipinski definition) is 3. The molecule has 1 fully saturated rings. The average Bonchev–Trinajstić information content (AvgIpc) is 2.41. The van der Waals surface area contributed by atoms with Gasteiger partial charge in [0.2, 0.25) is 11.8 Å². The fourth-order valence-corrected chi connectivity index (χ4v) is 1.93. The van der Waals surface area contributed by atoms with Gasteiger partial charge in [-0.3, -0.25) is 9.59 Å². The number of amides is 2. The molecule has 17 heavy (non-hydrogen) atoms. The van der Waals surface area contributed by atoms with Crippen LogP contribution in [-0.2, 0) is 9.59 Å². The number of rotatable bonds is 5. The first-order valence-corrected chi connectivity index (χ1v) is 6.37. The first-order valence-electron chi connectivity index (χ1n) is 6.37. The summed E-state index contributed by atoms with van der Waals surface area (Å²) in [7, 11) is 0. The summed E-state index contributed by atoms with van der Waals surface area (Å²) in [4.78, 5) is 22.7. The van der Waals surface area contributed by atoms with Gasteiger partial charge in [-0.2, -0.15) is 0 Å². The minimum atomic E-state index is 0.0607. The number of carbonyl (C=O) groups excluding carboxylic acids is 2. The highest BCUT2D eigenvalue weighted by atomic mass is 16.2. The molecule has 98 valence electrons. The molecule has 1 aliphatic rings. The van der Waals surface area contributed by atoms with Gasteiger partial charge in [-0.05, 0) is 26.7 Å². The molecule has 0 aromatic rings. The number of nitrogens with one attached hydrogen (secondary N) is 3. The van der Waals surface area contributed by atoms with Crippen LogP contribution in [0.3, 0.4) is 0 Å². The van der Waals surface area contributed by atoms with Crippen LogP contribution in [0.4, 0.5) is 0 Å². The molecular formula is C12H23N3O2. The third kappa shape index (κ3) is 6.26. The highest BCUT2D eigenvalue weighted by Gasteiger charge is 2.16. The maximum Gasteiger partial charge on any atom is 0.221 e. The lowest BCUT2D eigenvalue weighted by Gasteiger charge is -2.15. The van der Waals surface area contributed by atoms with Gasteiger partial charge < -0.3 is 16.0 Å². The Labute approximate surface area is 103 Å². The molecule has 0 aliphatic carbocycles. The molecule has 0 aromatic carbocycles. The highest BCUT2D eigenvalue weighted by molar-refractivity contribution is 5.77. The molecule has 0 bridgehead atoms. The summed E-state index contributed by atoms with van der Waals surface area (Å²) >= 11 is 0. The van der Waals surface area contributed by atoms with Crippen LogP contribution in [-0.4, -0.2) is 37.0 Å². The summed E-state index contributed by atoms with van der Waals surface area (Å²) in [6, 6.07) is 0.399. The van der Waals surface area contributed by atoms with Crippen molar-refractivity contribution in [2.75, 3.05) is 13.1 Å². The van der Waals surface area contributed by atoms with Crippen LogP contribution in [0.5, 0.6) is 0 Å². The Bertz CT molecular complexity index is 266. The van der Waals surface area contributed by atoms with Crippen molar-refractivity contribution in [3.05, 3.63) is 0 Å². The molecule has 1 atom stereocenters. The summed E-state index contributed by atoms with van der Waals surface area (Å²) in [6.45, 7) is 5.29. The van der Waals surface area contributed by atoms with Crippen molar-refractivity contribution >= 4 is 11.8 Å². The normalized spacial score (nSPS) is 20.9. The molecule has 1 rings (SSSR count). The van der Waals surface area contributed by atoms with Crippen molar-refractivity contribution in [1.29, 1.82) is 0 Å².